The molecule has 0 atom stereocenters. The molecule has 10 aromatic carbocycles. The Hall–Kier alpha value is -5.92. The Morgan fingerprint density at radius 2 is 0.574 bits per heavy atom. The van der Waals surface area contributed by atoms with Gasteiger partial charge in [-0.25, -0.2) is 0 Å². The predicted octanol–water partition coefficient (Wildman–Crippen LogP) is 18.2. The van der Waals surface area contributed by atoms with Crippen LogP contribution in [0.2, 0.25) is 13.1 Å². The van der Waals surface area contributed by atoms with Gasteiger partial charge < -0.3 is 0 Å². The van der Waals surface area contributed by atoms with E-state index in [2.05, 4.69) is 250 Å². The van der Waals surface area contributed by atoms with Gasteiger partial charge in [-0.2, -0.15) is 12.1 Å². The fourth-order valence-electron chi connectivity index (χ4n) is 10.1. The third-order valence-electron chi connectivity index (χ3n) is 12.5. The first-order chi connectivity index (χ1) is 32.3. The van der Waals surface area contributed by atoms with Crippen molar-refractivity contribution in [3.63, 3.8) is 0 Å². The van der Waals surface area contributed by atoms with Gasteiger partial charge in [-0.3, -0.25) is 0 Å². The molecule has 68 heavy (non-hydrogen) atoms. The van der Waals surface area contributed by atoms with Crippen molar-refractivity contribution in [2.24, 2.45) is 0 Å². The third-order valence-corrected chi connectivity index (χ3v) is 12.5. The summed E-state index contributed by atoms with van der Waals surface area (Å²) in [4.78, 5) is 0. The normalized spacial score (nSPS) is 10.9. The number of fused-ring (bicyclic) bond motifs is 2. The Bertz CT molecular complexity index is 2830. The maximum Gasteiger partial charge on any atom is 2.00 e. The van der Waals surface area contributed by atoms with Crippen LogP contribution in [0.3, 0.4) is 0 Å². The Balaban J connectivity index is 0.000000188. The van der Waals surface area contributed by atoms with Crippen molar-refractivity contribution in [3.8, 4) is 44.5 Å². The summed E-state index contributed by atoms with van der Waals surface area (Å²) < 4.78 is 0. The molecule has 0 fully saturated rings. The van der Waals surface area contributed by atoms with Crippen LogP contribution in [0.15, 0.2) is 182 Å². The molecule has 0 amide bonds. The summed E-state index contributed by atoms with van der Waals surface area (Å²) in [6, 6.07) is 67.9. The molecule has 336 valence electrons. The first kappa shape index (κ1) is 50.0. The maximum atomic E-state index is 2.40. The van der Waals surface area contributed by atoms with Crippen LogP contribution in [0.1, 0.15) is 66.8 Å². The average molecular weight is 977 g/mol. The number of hydrogen-bond donors (Lipinski definition) is 0. The molecule has 0 bridgehead atoms. The minimum Gasteiger partial charge on any atom is -0.164 e. The number of benzene rings is 8. The maximum absolute atomic E-state index is 2.40. The van der Waals surface area contributed by atoms with Crippen molar-refractivity contribution in [2.75, 3.05) is 0 Å². The van der Waals surface area contributed by atoms with Crippen LogP contribution in [0.25, 0.3) is 66.1 Å². The van der Waals surface area contributed by atoms with Crippen molar-refractivity contribution >= 4 is 31.1 Å². The molecule has 0 aliphatic carbocycles. The smallest absolute Gasteiger partial charge is 0.164 e. The summed E-state index contributed by atoms with van der Waals surface area (Å²) >= 11 is 0. The fraction of sp³-hybridized carbons (Fsp3) is 0.182. The van der Waals surface area contributed by atoms with Crippen LogP contribution in [-0.2, 0) is 39.0 Å². The topological polar surface area (TPSA) is 0 Å². The molecule has 0 saturated carbocycles. The summed E-state index contributed by atoms with van der Waals surface area (Å²) in [6.07, 6.45) is 1.90. The van der Waals surface area contributed by atoms with E-state index in [0.717, 1.165) is 22.4 Å². The number of hydrogen-bond acceptors (Lipinski definition) is 0. The second kappa shape index (κ2) is 22.5. The van der Waals surface area contributed by atoms with Crippen molar-refractivity contribution in [2.45, 2.75) is 81.3 Å². The van der Waals surface area contributed by atoms with Crippen molar-refractivity contribution in [1.29, 1.82) is 0 Å². The quantitative estimate of drug-likeness (QED) is 0.105. The van der Waals surface area contributed by atoms with Gasteiger partial charge in [0, 0.05) is 9.52 Å². The molecule has 10 rings (SSSR count). The van der Waals surface area contributed by atoms with E-state index in [1.807, 2.05) is 0 Å². The molecule has 0 N–H and O–H groups in total. The molecule has 2 radical (unpaired) electrons. The second-order valence-corrected chi connectivity index (χ2v) is 20.0. The Kier molecular flexibility index (Phi) is 16.5. The van der Waals surface area contributed by atoms with Crippen molar-refractivity contribution in [3.05, 3.63) is 249 Å². The first-order valence-electron chi connectivity index (χ1n) is 23.8. The van der Waals surface area contributed by atoms with Crippen molar-refractivity contribution < 1.29 is 26.2 Å². The summed E-state index contributed by atoms with van der Waals surface area (Å²) in [5.74, 6) is 0. The van der Waals surface area contributed by atoms with Crippen molar-refractivity contribution in [1.82, 2.24) is 0 Å². The fourth-order valence-corrected chi connectivity index (χ4v) is 10.1. The molecule has 0 aliphatic heterocycles. The minimum atomic E-state index is 0. The van der Waals surface area contributed by atoms with E-state index in [-0.39, 0.29) is 26.2 Å². The zero-order valence-electron chi connectivity index (χ0n) is 41.7. The molecular formula is C66H64SiZr. The zero-order chi connectivity index (χ0) is 47.2. The van der Waals surface area contributed by atoms with Crippen LogP contribution >= 0.6 is 0 Å². The molecule has 0 spiro atoms. The molecule has 2 heteroatoms. The number of aryl methyl sites for hydroxylation is 8. The van der Waals surface area contributed by atoms with Gasteiger partial charge >= 0.3 is 26.2 Å². The van der Waals surface area contributed by atoms with Gasteiger partial charge in [0.1, 0.15) is 0 Å². The summed E-state index contributed by atoms with van der Waals surface area (Å²) in [6.45, 7) is 21.8. The average Bonchev–Trinajstić information content (AvgIpc) is 3.90. The zero-order valence-corrected chi connectivity index (χ0v) is 45.2. The van der Waals surface area contributed by atoms with E-state index >= 15 is 0 Å². The van der Waals surface area contributed by atoms with E-state index in [1.54, 1.807) is 0 Å². The number of rotatable bonds is 8. The molecular weight excluding hydrogens is 912 g/mol. The van der Waals surface area contributed by atoms with Crippen LogP contribution < -0.4 is 0 Å². The Morgan fingerprint density at radius 1 is 0.324 bits per heavy atom. The predicted molar refractivity (Wildman–Crippen MR) is 295 cm³/mol. The minimum absolute atomic E-state index is 0. The van der Waals surface area contributed by atoms with Gasteiger partial charge in [-0.15, -0.1) is 44.8 Å². The summed E-state index contributed by atoms with van der Waals surface area (Å²) in [7, 11) is 1.08. The van der Waals surface area contributed by atoms with Gasteiger partial charge in [0.05, 0.1) is 0 Å². The molecule has 0 aromatic heterocycles. The van der Waals surface area contributed by atoms with Crippen LogP contribution in [-0.4, -0.2) is 9.52 Å². The van der Waals surface area contributed by atoms with Gasteiger partial charge in [0.2, 0.25) is 0 Å². The molecule has 0 unspecified atom stereocenters. The Morgan fingerprint density at radius 3 is 0.853 bits per heavy atom. The molecule has 10 aromatic rings. The van der Waals surface area contributed by atoms with Gasteiger partial charge in [-0.05, 0) is 90.5 Å². The second-order valence-electron chi connectivity index (χ2n) is 19.0. The Labute approximate surface area is 428 Å². The van der Waals surface area contributed by atoms with Crippen LogP contribution in [0, 0.1) is 55.4 Å². The van der Waals surface area contributed by atoms with Crippen LogP contribution in [0.4, 0.5) is 0 Å². The molecule has 0 heterocycles. The van der Waals surface area contributed by atoms with Gasteiger partial charge in [0.15, 0.2) is 0 Å². The van der Waals surface area contributed by atoms with E-state index in [4.69, 9.17) is 0 Å². The standard InChI is InChI=1S/2C32H29.C2H6Si.Zr/c2*1-21-12-22(2)15-27(14-21)29-10-11-30(28-16-23(3)13-24(4)17-28)32-20-26(19-31(29)32)18-25-8-6-5-7-9-25;1-3-2;/h2*5-17,19-20H,18H2,1-4H3;1-2H3;/q2*-1;;+2. The molecule has 0 saturated heterocycles. The summed E-state index contributed by atoms with van der Waals surface area (Å²) in [5.41, 5.74) is 26.4. The molecule has 0 aliphatic rings. The first-order valence-corrected chi connectivity index (χ1v) is 25.8. The van der Waals surface area contributed by atoms with E-state index in [0.29, 0.717) is 0 Å². The van der Waals surface area contributed by atoms with E-state index < -0.39 is 0 Å². The van der Waals surface area contributed by atoms with E-state index in [1.165, 1.54) is 133 Å². The third kappa shape index (κ3) is 12.0. The SMILES string of the molecule is C[Si]C.Cc1cc(C)cc(-c2ccc(-c3cc(C)cc(C)c3)c3[cH-]c(Cc4ccccc4)cc23)c1.Cc1cc(C)cc(-c2ccc(-c3cc(C)cc(C)c3)c3[cH-]c(Cc4ccccc4)cc23)c1.[Zr+2]. The summed E-state index contributed by atoms with van der Waals surface area (Å²) in [5, 5.41) is 5.38. The van der Waals surface area contributed by atoms with Crippen LogP contribution in [0.5, 0.6) is 0 Å². The van der Waals surface area contributed by atoms with Gasteiger partial charge in [0.25, 0.3) is 0 Å². The largest absolute Gasteiger partial charge is 2.00 e. The van der Waals surface area contributed by atoms with E-state index in [9.17, 15) is 0 Å². The molecule has 0 nitrogen and oxygen atoms in total. The monoisotopic (exact) mass is 974 g/mol. The van der Waals surface area contributed by atoms with Gasteiger partial charge in [-0.1, -0.05) is 249 Å².